The molecule has 1 saturated carbocycles. The van der Waals surface area contributed by atoms with Gasteiger partial charge in [0.05, 0.1) is 6.04 Å². The number of rotatable bonds is 0. The molecule has 0 N–H and O–H groups in total. The molecule has 64 valence electrons. The minimum absolute atomic E-state index is 0. The molecule has 0 spiro atoms. The van der Waals surface area contributed by atoms with Crippen molar-refractivity contribution < 1.29 is 4.74 Å². The summed E-state index contributed by atoms with van der Waals surface area (Å²) >= 11 is 0. The van der Waals surface area contributed by atoms with E-state index in [0.29, 0.717) is 6.04 Å². The van der Waals surface area contributed by atoms with Crippen LogP contribution in [-0.4, -0.2) is 17.5 Å². The van der Waals surface area contributed by atoms with Crippen molar-refractivity contribution in [3.05, 3.63) is 0 Å². The van der Waals surface area contributed by atoms with Crippen LogP contribution in [0.2, 0.25) is 0 Å². The minimum Gasteiger partial charge on any atom is -0.473 e. The molecule has 1 aliphatic carbocycles. The molecule has 2 nitrogen and oxygen atoms in total. The number of nitrogens with zero attached hydrogens (tertiary/aromatic N) is 1. The third-order valence-electron chi connectivity index (χ3n) is 2.57. The number of aliphatic imine (C=N–C) groups is 1. The predicted octanol–water partition coefficient (Wildman–Crippen LogP) is 2.17. The van der Waals surface area contributed by atoms with Crippen molar-refractivity contribution in [2.24, 2.45) is 4.99 Å². The lowest BCUT2D eigenvalue weighted by Gasteiger charge is -2.21. The van der Waals surface area contributed by atoms with Gasteiger partial charge in [-0.1, -0.05) is 0 Å². The lowest BCUT2D eigenvalue weighted by molar-refractivity contribution is 0.0933. The van der Waals surface area contributed by atoms with Gasteiger partial charge < -0.3 is 4.74 Å². The van der Waals surface area contributed by atoms with E-state index < -0.39 is 0 Å². The maximum atomic E-state index is 5.62. The number of fused-ring (bicyclic) bond motifs is 1. The summed E-state index contributed by atoms with van der Waals surface area (Å²) in [5, 5.41) is 0. The standard InChI is InChI=1S/C8H13NO.ClH/c1-6-9-7-4-3-5-8(7,2)10-6;/h7H,3-5H2,1-2H3;1H. The highest BCUT2D eigenvalue weighted by Crippen LogP contribution is 2.39. The Morgan fingerprint density at radius 1 is 1.64 bits per heavy atom. The summed E-state index contributed by atoms with van der Waals surface area (Å²) < 4.78 is 5.62. The van der Waals surface area contributed by atoms with Crippen LogP contribution in [0.4, 0.5) is 0 Å². The molecule has 3 heteroatoms. The Bertz CT molecular complexity index is 193. The summed E-state index contributed by atoms with van der Waals surface area (Å²) in [5.74, 6) is 0.882. The second-order valence-corrected chi connectivity index (χ2v) is 3.47. The fraction of sp³-hybridized carbons (Fsp3) is 0.875. The number of ether oxygens (including phenoxy) is 1. The summed E-state index contributed by atoms with van der Waals surface area (Å²) in [6.07, 6.45) is 3.67. The van der Waals surface area contributed by atoms with Gasteiger partial charge in [0.2, 0.25) is 0 Å². The summed E-state index contributed by atoms with van der Waals surface area (Å²) in [6.45, 7) is 4.12. The van der Waals surface area contributed by atoms with Gasteiger partial charge in [-0.25, -0.2) is 4.99 Å². The summed E-state index contributed by atoms with van der Waals surface area (Å²) in [7, 11) is 0. The zero-order valence-electron chi connectivity index (χ0n) is 6.96. The number of hydrogen-bond donors (Lipinski definition) is 0. The monoisotopic (exact) mass is 175 g/mol. The summed E-state index contributed by atoms with van der Waals surface area (Å²) in [4.78, 5) is 4.42. The van der Waals surface area contributed by atoms with Crippen molar-refractivity contribution in [1.82, 2.24) is 0 Å². The van der Waals surface area contributed by atoms with Crippen LogP contribution in [0.15, 0.2) is 4.99 Å². The van der Waals surface area contributed by atoms with Crippen LogP contribution >= 0.6 is 12.4 Å². The van der Waals surface area contributed by atoms with Crippen LogP contribution in [0.25, 0.3) is 0 Å². The molecular weight excluding hydrogens is 162 g/mol. The molecule has 1 heterocycles. The maximum Gasteiger partial charge on any atom is 0.181 e. The van der Waals surface area contributed by atoms with Gasteiger partial charge in [0, 0.05) is 6.92 Å². The van der Waals surface area contributed by atoms with E-state index in [1.54, 1.807) is 0 Å². The second kappa shape index (κ2) is 2.67. The fourth-order valence-corrected chi connectivity index (χ4v) is 2.02. The number of hydrogen-bond acceptors (Lipinski definition) is 2. The van der Waals surface area contributed by atoms with Crippen LogP contribution in [0, 0.1) is 0 Å². The van der Waals surface area contributed by atoms with Crippen molar-refractivity contribution in [2.75, 3.05) is 0 Å². The summed E-state index contributed by atoms with van der Waals surface area (Å²) in [6, 6.07) is 0.465. The molecular formula is C8H14ClNO. The molecule has 11 heavy (non-hydrogen) atoms. The molecule has 0 bridgehead atoms. The Hall–Kier alpha value is -0.240. The molecule has 0 radical (unpaired) electrons. The van der Waals surface area contributed by atoms with Crippen LogP contribution in [0.1, 0.15) is 33.1 Å². The largest absolute Gasteiger partial charge is 0.473 e. The third-order valence-corrected chi connectivity index (χ3v) is 2.57. The van der Waals surface area contributed by atoms with E-state index in [0.717, 1.165) is 5.90 Å². The fourth-order valence-electron chi connectivity index (χ4n) is 2.02. The first-order valence-corrected chi connectivity index (χ1v) is 3.94. The van der Waals surface area contributed by atoms with Gasteiger partial charge in [-0.15, -0.1) is 12.4 Å². The smallest absolute Gasteiger partial charge is 0.181 e. The minimum atomic E-state index is 0. The van der Waals surface area contributed by atoms with Crippen molar-refractivity contribution >= 4 is 18.3 Å². The summed E-state index contributed by atoms with van der Waals surface area (Å²) in [5.41, 5.74) is 0.0735. The first-order valence-electron chi connectivity index (χ1n) is 3.94. The van der Waals surface area contributed by atoms with E-state index in [1.165, 1.54) is 19.3 Å². The number of halogens is 1. The van der Waals surface area contributed by atoms with Gasteiger partial charge in [0.15, 0.2) is 5.90 Å². The van der Waals surface area contributed by atoms with Crippen molar-refractivity contribution in [3.8, 4) is 0 Å². The van der Waals surface area contributed by atoms with Crippen LogP contribution in [-0.2, 0) is 4.74 Å². The van der Waals surface area contributed by atoms with Crippen molar-refractivity contribution in [1.29, 1.82) is 0 Å². The lowest BCUT2D eigenvalue weighted by Crippen LogP contribution is -2.31. The molecule has 0 aromatic rings. The van der Waals surface area contributed by atoms with E-state index >= 15 is 0 Å². The molecule has 1 aliphatic heterocycles. The topological polar surface area (TPSA) is 21.6 Å². The average Bonchev–Trinajstić information content (AvgIpc) is 2.20. The van der Waals surface area contributed by atoms with Gasteiger partial charge in [-0.2, -0.15) is 0 Å². The zero-order valence-corrected chi connectivity index (χ0v) is 7.78. The quantitative estimate of drug-likeness (QED) is 0.553. The van der Waals surface area contributed by atoms with E-state index in [-0.39, 0.29) is 18.0 Å². The van der Waals surface area contributed by atoms with Crippen LogP contribution < -0.4 is 0 Å². The van der Waals surface area contributed by atoms with E-state index in [2.05, 4.69) is 11.9 Å². The molecule has 1 fully saturated rings. The van der Waals surface area contributed by atoms with Gasteiger partial charge in [0.1, 0.15) is 5.60 Å². The van der Waals surface area contributed by atoms with Crippen LogP contribution in [0.3, 0.4) is 0 Å². The Morgan fingerprint density at radius 3 is 3.00 bits per heavy atom. The predicted molar refractivity (Wildman–Crippen MR) is 47.5 cm³/mol. The van der Waals surface area contributed by atoms with Crippen molar-refractivity contribution in [2.45, 2.75) is 44.8 Å². The van der Waals surface area contributed by atoms with Crippen LogP contribution in [0.5, 0.6) is 0 Å². The Kier molecular flexibility index (Phi) is 2.15. The highest BCUT2D eigenvalue weighted by Gasteiger charge is 2.44. The Morgan fingerprint density at radius 2 is 2.36 bits per heavy atom. The first kappa shape index (κ1) is 8.85. The average molecular weight is 176 g/mol. The second-order valence-electron chi connectivity index (χ2n) is 3.47. The normalized spacial score (nSPS) is 40.5. The van der Waals surface area contributed by atoms with Gasteiger partial charge in [0.25, 0.3) is 0 Å². The van der Waals surface area contributed by atoms with Crippen molar-refractivity contribution in [3.63, 3.8) is 0 Å². The molecule has 0 aromatic carbocycles. The van der Waals surface area contributed by atoms with Gasteiger partial charge >= 0.3 is 0 Å². The highest BCUT2D eigenvalue weighted by molar-refractivity contribution is 5.85. The SMILES string of the molecule is CC1=NC2CCCC2(C)O1.Cl. The van der Waals surface area contributed by atoms with E-state index in [9.17, 15) is 0 Å². The molecule has 2 atom stereocenters. The molecule has 2 rings (SSSR count). The lowest BCUT2D eigenvalue weighted by atomic mass is 10.0. The maximum absolute atomic E-state index is 5.62. The zero-order chi connectivity index (χ0) is 7.19. The highest BCUT2D eigenvalue weighted by atomic mass is 35.5. The van der Waals surface area contributed by atoms with E-state index in [4.69, 9.17) is 4.74 Å². The molecule has 2 aliphatic rings. The Labute approximate surface area is 73.4 Å². The van der Waals surface area contributed by atoms with Gasteiger partial charge in [-0.3, -0.25) is 0 Å². The Balaban J connectivity index is 0.000000605. The molecule has 2 unspecified atom stereocenters. The van der Waals surface area contributed by atoms with Gasteiger partial charge in [-0.05, 0) is 26.2 Å². The first-order chi connectivity index (χ1) is 4.71. The molecule has 0 saturated heterocycles. The third kappa shape index (κ3) is 1.24. The molecule has 0 amide bonds. The molecule has 0 aromatic heterocycles. The van der Waals surface area contributed by atoms with E-state index in [1.807, 2.05) is 6.92 Å².